The maximum atomic E-state index is 11.6. The maximum absolute atomic E-state index is 11.6. The summed E-state index contributed by atoms with van der Waals surface area (Å²) in [6.45, 7) is 6.18. The molecule has 20 heavy (non-hydrogen) atoms. The van der Waals surface area contributed by atoms with Crippen LogP contribution in [0.25, 0.3) is 0 Å². The predicted octanol–water partition coefficient (Wildman–Crippen LogP) is 3.10. The van der Waals surface area contributed by atoms with Crippen molar-refractivity contribution in [2.24, 2.45) is 5.92 Å². The van der Waals surface area contributed by atoms with Gasteiger partial charge in [-0.1, -0.05) is 44.2 Å². The molecule has 0 aliphatic carbocycles. The van der Waals surface area contributed by atoms with E-state index in [9.17, 15) is 4.79 Å². The van der Waals surface area contributed by atoms with E-state index in [0.29, 0.717) is 32.1 Å². The lowest BCUT2D eigenvalue weighted by atomic mass is 10.2. The minimum atomic E-state index is 0.140. The van der Waals surface area contributed by atoms with Gasteiger partial charge in [-0.3, -0.25) is 4.79 Å². The van der Waals surface area contributed by atoms with Crippen LogP contribution >= 0.6 is 11.8 Å². The largest absolute Gasteiger partial charge is 0.376 e. The van der Waals surface area contributed by atoms with E-state index >= 15 is 0 Å². The molecule has 0 spiro atoms. The second kappa shape index (κ2) is 10.7. The lowest BCUT2D eigenvalue weighted by molar-refractivity contribution is -0.120. The molecule has 1 amide bonds. The summed E-state index contributed by atoms with van der Waals surface area (Å²) in [4.78, 5) is 11.6. The van der Waals surface area contributed by atoms with Crippen molar-refractivity contribution in [3.8, 4) is 0 Å². The number of carbonyl (C=O) groups is 1. The molecule has 1 atom stereocenters. The van der Waals surface area contributed by atoms with Crippen LogP contribution in [0.2, 0.25) is 0 Å². The Morgan fingerprint density at radius 1 is 1.35 bits per heavy atom. The van der Waals surface area contributed by atoms with Crippen LogP contribution in [0.4, 0.5) is 0 Å². The van der Waals surface area contributed by atoms with Crippen LogP contribution in [0.3, 0.4) is 0 Å². The average Bonchev–Trinajstić information content (AvgIpc) is 2.46. The number of nitrogens with one attached hydrogen (secondary N) is 1. The number of thioether (sulfide) groups is 1. The number of benzene rings is 1. The standard InChI is InChI=1S/C16H25NO2S/c1-3-20-10-9-16(18)17-11-14(2)12-19-13-15-7-5-4-6-8-15/h4-8,14H,3,9-13H2,1-2H3,(H,17,18). The van der Waals surface area contributed by atoms with Crippen molar-refractivity contribution in [3.63, 3.8) is 0 Å². The monoisotopic (exact) mass is 295 g/mol. The van der Waals surface area contributed by atoms with Crippen molar-refractivity contribution in [2.45, 2.75) is 26.9 Å². The van der Waals surface area contributed by atoms with Crippen LogP contribution in [0.15, 0.2) is 30.3 Å². The van der Waals surface area contributed by atoms with Gasteiger partial charge in [-0.2, -0.15) is 11.8 Å². The average molecular weight is 295 g/mol. The highest BCUT2D eigenvalue weighted by Crippen LogP contribution is 2.03. The van der Waals surface area contributed by atoms with Gasteiger partial charge in [-0.15, -0.1) is 0 Å². The van der Waals surface area contributed by atoms with Crippen molar-refractivity contribution in [3.05, 3.63) is 35.9 Å². The number of ether oxygens (including phenoxy) is 1. The van der Waals surface area contributed by atoms with Crippen molar-refractivity contribution < 1.29 is 9.53 Å². The molecule has 0 radical (unpaired) electrons. The summed E-state index contributed by atoms with van der Waals surface area (Å²) >= 11 is 1.80. The van der Waals surface area contributed by atoms with E-state index < -0.39 is 0 Å². The lowest BCUT2D eigenvalue weighted by Crippen LogP contribution is -2.30. The quantitative estimate of drug-likeness (QED) is 0.674. The van der Waals surface area contributed by atoms with Crippen LogP contribution in [-0.2, 0) is 16.1 Å². The van der Waals surface area contributed by atoms with Gasteiger partial charge < -0.3 is 10.1 Å². The number of hydrogen-bond acceptors (Lipinski definition) is 3. The molecule has 112 valence electrons. The Hall–Kier alpha value is -1.00. The van der Waals surface area contributed by atoms with Crippen LogP contribution < -0.4 is 5.32 Å². The Bertz CT molecular complexity index is 370. The molecule has 1 rings (SSSR count). The smallest absolute Gasteiger partial charge is 0.220 e. The zero-order valence-corrected chi connectivity index (χ0v) is 13.2. The Labute approximate surface area is 126 Å². The Kier molecular flexibility index (Phi) is 9.16. The summed E-state index contributed by atoms with van der Waals surface area (Å²) in [6.07, 6.45) is 0.607. The van der Waals surface area contributed by atoms with Crippen LogP contribution in [0.1, 0.15) is 25.8 Å². The Balaban J connectivity index is 2.05. The molecular weight excluding hydrogens is 270 g/mol. The highest BCUT2D eigenvalue weighted by molar-refractivity contribution is 7.99. The van der Waals surface area contributed by atoms with Crippen LogP contribution in [-0.4, -0.2) is 30.6 Å². The molecule has 0 saturated carbocycles. The molecule has 0 heterocycles. The van der Waals surface area contributed by atoms with E-state index in [1.54, 1.807) is 11.8 Å². The lowest BCUT2D eigenvalue weighted by Gasteiger charge is -2.13. The summed E-state index contributed by atoms with van der Waals surface area (Å²) < 4.78 is 5.66. The highest BCUT2D eigenvalue weighted by Gasteiger charge is 2.06. The minimum Gasteiger partial charge on any atom is -0.376 e. The van der Waals surface area contributed by atoms with Gasteiger partial charge in [0.05, 0.1) is 13.2 Å². The third-order valence-corrected chi connectivity index (χ3v) is 3.74. The van der Waals surface area contributed by atoms with Gasteiger partial charge in [0.25, 0.3) is 0 Å². The highest BCUT2D eigenvalue weighted by atomic mass is 32.2. The van der Waals surface area contributed by atoms with Gasteiger partial charge in [0, 0.05) is 18.7 Å². The van der Waals surface area contributed by atoms with Gasteiger partial charge in [-0.05, 0) is 17.2 Å². The summed E-state index contributed by atoms with van der Waals surface area (Å²) in [7, 11) is 0. The van der Waals surface area contributed by atoms with Crippen molar-refractivity contribution in [1.82, 2.24) is 5.32 Å². The first-order valence-corrected chi connectivity index (χ1v) is 8.34. The van der Waals surface area contributed by atoms with Crippen LogP contribution in [0.5, 0.6) is 0 Å². The van der Waals surface area contributed by atoms with E-state index in [-0.39, 0.29) is 5.91 Å². The molecule has 0 bridgehead atoms. The topological polar surface area (TPSA) is 38.3 Å². The second-order valence-electron chi connectivity index (χ2n) is 4.86. The molecule has 1 N–H and O–H groups in total. The minimum absolute atomic E-state index is 0.140. The molecule has 0 saturated heterocycles. The second-order valence-corrected chi connectivity index (χ2v) is 6.25. The Morgan fingerprint density at radius 3 is 2.80 bits per heavy atom. The fraction of sp³-hybridized carbons (Fsp3) is 0.562. The first-order valence-electron chi connectivity index (χ1n) is 7.18. The first kappa shape index (κ1) is 17.1. The van der Waals surface area contributed by atoms with E-state index in [1.807, 2.05) is 18.2 Å². The third-order valence-electron chi connectivity index (χ3n) is 2.84. The van der Waals surface area contributed by atoms with Crippen molar-refractivity contribution >= 4 is 17.7 Å². The summed E-state index contributed by atoms with van der Waals surface area (Å²) in [5.41, 5.74) is 1.18. The van der Waals surface area contributed by atoms with Crippen molar-refractivity contribution in [2.75, 3.05) is 24.7 Å². The van der Waals surface area contributed by atoms with Gasteiger partial charge in [0.15, 0.2) is 0 Å². The van der Waals surface area contributed by atoms with Gasteiger partial charge in [0.1, 0.15) is 0 Å². The zero-order chi connectivity index (χ0) is 14.6. The number of carbonyl (C=O) groups excluding carboxylic acids is 1. The maximum Gasteiger partial charge on any atom is 0.220 e. The zero-order valence-electron chi connectivity index (χ0n) is 12.4. The first-order chi connectivity index (χ1) is 9.72. The number of rotatable bonds is 10. The molecule has 0 fully saturated rings. The van der Waals surface area contributed by atoms with Gasteiger partial charge >= 0.3 is 0 Å². The Morgan fingerprint density at radius 2 is 2.10 bits per heavy atom. The van der Waals surface area contributed by atoms with E-state index in [0.717, 1.165) is 11.5 Å². The number of hydrogen-bond donors (Lipinski definition) is 1. The fourth-order valence-corrected chi connectivity index (χ4v) is 2.32. The van der Waals surface area contributed by atoms with Gasteiger partial charge in [-0.25, -0.2) is 0 Å². The van der Waals surface area contributed by atoms with E-state index in [1.165, 1.54) is 5.56 Å². The van der Waals surface area contributed by atoms with E-state index in [2.05, 4.69) is 31.3 Å². The molecule has 4 heteroatoms. The third kappa shape index (κ3) is 8.23. The SMILES string of the molecule is CCSCCC(=O)NCC(C)COCc1ccccc1. The molecule has 1 aromatic carbocycles. The predicted molar refractivity (Wildman–Crippen MR) is 85.9 cm³/mol. The van der Waals surface area contributed by atoms with Crippen molar-refractivity contribution in [1.29, 1.82) is 0 Å². The molecule has 1 aromatic rings. The normalized spacial score (nSPS) is 12.1. The summed E-state index contributed by atoms with van der Waals surface area (Å²) in [6, 6.07) is 10.1. The molecule has 3 nitrogen and oxygen atoms in total. The summed E-state index contributed by atoms with van der Waals surface area (Å²) in [5, 5.41) is 2.96. The van der Waals surface area contributed by atoms with Crippen LogP contribution in [0, 0.1) is 5.92 Å². The number of amides is 1. The summed E-state index contributed by atoms with van der Waals surface area (Å²) in [5.74, 6) is 2.44. The fourth-order valence-electron chi connectivity index (χ4n) is 1.70. The molecule has 1 unspecified atom stereocenters. The van der Waals surface area contributed by atoms with E-state index in [4.69, 9.17) is 4.74 Å². The molecular formula is C16H25NO2S. The molecule has 0 aliphatic rings. The van der Waals surface area contributed by atoms with Gasteiger partial charge in [0.2, 0.25) is 5.91 Å². The molecule has 0 aromatic heterocycles. The molecule has 0 aliphatic heterocycles.